The van der Waals surface area contributed by atoms with Gasteiger partial charge >= 0.3 is 6.18 Å². The zero-order valence-electron chi connectivity index (χ0n) is 13.0. The molecule has 1 aliphatic heterocycles. The highest BCUT2D eigenvalue weighted by atomic mass is 32.1. The van der Waals surface area contributed by atoms with Gasteiger partial charge in [0.1, 0.15) is 5.71 Å². The van der Waals surface area contributed by atoms with Crippen LogP contribution in [0.5, 0.6) is 0 Å². The van der Waals surface area contributed by atoms with Gasteiger partial charge in [0.25, 0.3) is 0 Å². The van der Waals surface area contributed by atoms with Crippen molar-refractivity contribution < 1.29 is 23.1 Å². The minimum Gasteiger partial charge on any atom is -0.364 e. The Morgan fingerprint density at radius 2 is 1.96 bits per heavy atom. The molecular formula is C17H15F3N2O2S. The van der Waals surface area contributed by atoms with Gasteiger partial charge in [-0.15, -0.1) is 11.3 Å². The van der Waals surface area contributed by atoms with Gasteiger partial charge < -0.3 is 5.11 Å². The van der Waals surface area contributed by atoms with E-state index in [0.29, 0.717) is 11.4 Å². The van der Waals surface area contributed by atoms with Crippen LogP contribution in [0.4, 0.5) is 13.2 Å². The van der Waals surface area contributed by atoms with E-state index in [-0.39, 0.29) is 11.3 Å². The number of hydrogen-bond donors (Lipinski definition) is 1. The number of alkyl halides is 3. The summed E-state index contributed by atoms with van der Waals surface area (Å²) in [6.45, 7) is 0. The summed E-state index contributed by atoms with van der Waals surface area (Å²) in [5.41, 5.74) is -2.36. The fourth-order valence-corrected chi connectivity index (χ4v) is 3.47. The molecule has 0 fully saturated rings. The molecule has 1 aromatic heterocycles. The van der Waals surface area contributed by atoms with Crippen molar-refractivity contribution in [1.29, 1.82) is 0 Å². The first-order valence-electron chi connectivity index (χ1n) is 7.59. The zero-order chi connectivity index (χ0) is 18.1. The van der Waals surface area contributed by atoms with Gasteiger partial charge in [-0.3, -0.25) is 4.79 Å². The van der Waals surface area contributed by atoms with Gasteiger partial charge in [0.15, 0.2) is 0 Å². The van der Waals surface area contributed by atoms with E-state index < -0.39 is 29.9 Å². The van der Waals surface area contributed by atoms with E-state index in [4.69, 9.17) is 0 Å². The Morgan fingerprint density at radius 1 is 1.24 bits per heavy atom. The molecule has 0 unspecified atom stereocenters. The van der Waals surface area contributed by atoms with E-state index in [1.165, 1.54) is 6.07 Å². The lowest BCUT2D eigenvalue weighted by Crippen LogP contribution is -2.43. The summed E-state index contributed by atoms with van der Waals surface area (Å²) in [5.74, 6) is -0.654. The van der Waals surface area contributed by atoms with Crippen LogP contribution in [0.2, 0.25) is 0 Å². The van der Waals surface area contributed by atoms with E-state index >= 15 is 0 Å². The first-order valence-corrected chi connectivity index (χ1v) is 8.47. The van der Waals surface area contributed by atoms with Gasteiger partial charge in [-0.2, -0.15) is 23.3 Å². The summed E-state index contributed by atoms with van der Waals surface area (Å²) >= 11 is 1.08. The van der Waals surface area contributed by atoms with E-state index in [1.807, 2.05) is 30.3 Å². The maximum atomic E-state index is 13.1. The zero-order valence-corrected chi connectivity index (χ0v) is 13.8. The number of amides is 1. The van der Waals surface area contributed by atoms with E-state index in [1.54, 1.807) is 11.4 Å². The smallest absolute Gasteiger partial charge is 0.364 e. The molecule has 0 radical (unpaired) electrons. The number of halogens is 3. The fourth-order valence-electron chi connectivity index (χ4n) is 2.67. The van der Waals surface area contributed by atoms with Gasteiger partial charge in [-0.1, -0.05) is 36.4 Å². The molecule has 3 rings (SSSR count). The van der Waals surface area contributed by atoms with Crippen LogP contribution in [0.15, 0.2) is 52.9 Å². The maximum Gasteiger partial charge on any atom is 0.431 e. The largest absolute Gasteiger partial charge is 0.431 e. The van der Waals surface area contributed by atoms with Crippen LogP contribution in [0.1, 0.15) is 23.3 Å². The molecule has 132 valence electrons. The first-order chi connectivity index (χ1) is 11.8. The normalized spacial score (nSPS) is 20.6. The number of thiophene rings is 1. The molecule has 0 spiro atoms. The predicted molar refractivity (Wildman–Crippen MR) is 87.9 cm³/mol. The third-order valence-electron chi connectivity index (χ3n) is 3.93. The monoisotopic (exact) mass is 368 g/mol. The number of aryl methyl sites for hydroxylation is 1. The molecular weight excluding hydrogens is 353 g/mol. The van der Waals surface area contributed by atoms with E-state index in [2.05, 4.69) is 5.10 Å². The third kappa shape index (κ3) is 3.59. The number of hydrogen-bond acceptors (Lipinski definition) is 4. The van der Waals surface area contributed by atoms with Gasteiger partial charge in [0.05, 0.1) is 11.3 Å². The lowest BCUT2D eigenvalue weighted by molar-refractivity contribution is -0.157. The standard InChI is InChI=1S/C17H15F3N2O2S/c18-17(19,20)13-11-16(24,14-7-4-10-25-14)22(21-13)15(23)9-8-12-5-2-1-3-6-12/h1-7,10,24H,8-9,11H2/t16-/m0/s1. The second kappa shape index (κ2) is 6.61. The molecule has 25 heavy (non-hydrogen) atoms. The summed E-state index contributed by atoms with van der Waals surface area (Å²) in [4.78, 5) is 12.8. The quantitative estimate of drug-likeness (QED) is 0.895. The van der Waals surface area contributed by atoms with Crippen molar-refractivity contribution in [2.45, 2.75) is 31.2 Å². The van der Waals surface area contributed by atoms with Crippen molar-refractivity contribution in [3.05, 3.63) is 58.3 Å². The molecule has 0 aliphatic carbocycles. The molecule has 1 aliphatic rings. The molecule has 8 heteroatoms. The molecule has 1 atom stereocenters. The number of nitrogens with zero attached hydrogens (tertiary/aromatic N) is 2. The van der Waals surface area contributed by atoms with Crippen LogP contribution >= 0.6 is 11.3 Å². The Morgan fingerprint density at radius 3 is 2.56 bits per heavy atom. The van der Waals surface area contributed by atoms with Gasteiger partial charge in [-0.05, 0) is 23.4 Å². The SMILES string of the molecule is O=C(CCc1ccccc1)N1N=C(C(F)(F)F)C[C@]1(O)c1cccs1. The Kier molecular flexibility index (Phi) is 4.66. The van der Waals surface area contributed by atoms with Gasteiger partial charge in [0.2, 0.25) is 11.6 Å². The summed E-state index contributed by atoms with van der Waals surface area (Å²) < 4.78 is 39.2. The minimum atomic E-state index is -4.69. The van der Waals surface area contributed by atoms with Gasteiger partial charge in [0, 0.05) is 6.42 Å². The Balaban J connectivity index is 1.84. The number of hydrazone groups is 1. The van der Waals surface area contributed by atoms with Crippen LogP contribution in [0.25, 0.3) is 0 Å². The Labute approximate surface area is 146 Å². The first kappa shape index (κ1) is 17.6. The molecule has 1 amide bonds. The fraction of sp³-hybridized carbons (Fsp3) is 0.294. The average Bonchev–Trinajstić information content (AvgIpc) is 3.21. The topological polar surface area (TPSA) is 52.9 Å². The van der Waals surface area contributed by atoms with Crippen LogP contribution in [-0.2, 0) is 16.9 Å². The molecule has 1 aromatic carbocycles. The second-order valence-corrected chi connectivity index (χ2v) is 6.65. The number of benzene rings is 1. The highest BCUT2D eigenvalue weighted by molar-refractivity contribution is 7.10. The molecule has 0 saturated carbocycles. The highest BCUT2D eigenvalue weighted by Gasteiger charge is 2.53. The molecule has 4 nitrogen and oxygen atoms in total. The van der Waals surface area contributed by atoms with Crippen molar-refractivity contribution in [2.75, 3.05) is 0 Å². The number of carbonyl (C=O) groups excluding carboxylic acids is 1. The predicted octanol–water partition coefficient (Wildman–Crippen LogP) is 3.68. The minimum absolute atomic E-state index is 0.0493. The van der Waals surface area contributed by atoms with Crippen molar-refractivity contribution in [2.24, 2.45) is 5.10 Å². The number of carbonyl (C=O) groups is 1. The summed E-state index contributed by atoms with van der Waals surface area (Å²) in [6, 6.07) is 12.2. The van der Waals surface area contributed by atoms with Crippen LogP contribution in [0.3, 0.4) is 0 Å². The average molecular weight is 368 g/mol. The summed E-state index contributed by atoms with van der Waals surface area (Å²) in [7, 11) is 0. The van der Waals surface area contributed by atoms with Crippen LogP contribution in [-0.4, -0.2) is 27.9 Å². The molecule has 2 heterocycles. The lowest BCUT2D eigenvalue weighted by atomic mass is 10.0. The summed E-state index contributed by atoms with van der Waals surface area (Å²) in [6.07, 6.45) is -5.16. The summed E-state index contributed by atoms with van der Waals surface area (Å²) in [5, 5.41) is 16.4. The molecule has 0 saturated heterocycles. The maximum absolute atomic E-state index is 13.1. The third-order valence-corrected chi connectivity index (χ3v) is 4.94. The molecule has 1 N–H and O–H groups in total. The van der Waals surface area contributed by atoms with Crippen molar-refractivity contribution in [1.82, 2.24) is 5.01 Å². The van der Waals surface area contributed by atoms with Gasteiger partial charge in [-0.25, -0.2) is 0 Å². The van der Waals surface area contributed by atoms with Crippen molar-refractivity contribution >= 4 is 23.0 Å². The van der Waals surface area contributed by atoms with Crippen LogP contribution < -0.4 is 0 Å². The van der Waals surface area contributed by atoms with Crippen LogP contribution in [0, 0.1) is 0 Å². The van der Waals surface area contributed by atoms with Crippen molar-refractivity contribution in [3.63, 3.8) is 0 Å². The van der Waals surface area contributed by atoms with E-state index in [9.17, 15) is 23.1 Å². The Hall–Kier alpha value is -2.19. The lowest BCUT2D eigenvalue weighted by Gasteiger charge is -2.30. The Bertz CT molecular complexity index is 775. The number of rotatable bonds is 4. The molecule has 2 aromatic rings. The van der Waals surface area contributed by atoms with E-state index in [0.717, 1.165) is 16.9 Å². The van der Waals surface area contributed by atoms with Crippen molar-refractivity contribution in [3.8, 4) is 0 Å². The number of aliphatic hydroxyl groups is 1. The second-order valence-electron chi connectivity index (χ2n) is 5.71. The molecule has 0 bridgehead atoms. The highest BCUT2D eigenvalue weighted by Crippen LogP contribution is 2.41.